The largest absolute Gasteiger partial charge is 0.507 e. The number of imidazole rings is 1. The van der Waals surface area contributed by atoms with Crippen molar-refractivity contribution >= 4 is 21.9 Å². The maximum Gasteiger partial charge on any atom is 0.148 e. The molecule has 0 fully saturated rings. The first-order valence-corrected chi connectivity index (χ1v) is 21.6. The third-order valence-electron chi connectivity index (χ3n) is 12.2. The fourth-order valence-corrected chi connectivity index (χ4v) is 8.49. The Morgan fingerprint density at radius 3 is 1.73 bits per heavy atom. The van der Waals surface area contributed by atoms with Gasteiger partial charge in [0.2, 0.25) is 0 Å². The van der Waals surface area contributed by atoms with E-state index in [0.717, 1.165) is 77.7 Å². The van der Waals surface area contributed by atoms with Crippen LogP contribution in [-0.4, -0.2) is 19.6 Å². The molecule has 0 spiro atoms. The molecule has 2 aromatic heterocycles. The van der Waals surface area contributed by atoms with E-state index in [1.807, 2.05) is 24.4 Å². The zero-order valence-corrected chi connectivity index (χ0v) is 39.9. The van der Waals surface area contributed by atoms with Gasteiger partial charge in [0.1, 0.15) is 11.6 Å². The second-order valence-corrected chi connectivity index (χ2v) is 19.7. The first kappa shape index (κ1) is 43.6. The molecule has 0 saturated heterocycles. The number of phenols is 1. The van der Waals surface area contributed by atoms with Crippen LogP contribution in [0.5, 0.6) is 5.75 Å². The van der Waals surface area contributed by atoms with Gasteiger partial charge < -0.3 is 5.11 Å². The number of para-hydroxylation sites is 1. The molecule has 1 N–H and O–H groups in total. The predicted molar refractivity (Wildman–Crippen MR) is 260 cm³/mol. The molecule has 9 aromatic rings. The third-order valence-corrected chi connectivity index (χ3v) is 12.2. The average Bonchev–Trinajstić information content (AvgIpc) is 3.64. The van der Waals surface area contributed by atoms with E-state index in [1.54, 1.807) is 0 Å². The van der Waals surface area contributed by atoms with Crippen molar-refractivity contribution in [2.75, 3.05) is 0 Å². The van der Waals surface area contributed by atoms with Gasteiger partial charge in [-0.3, -0.25) is 9.55 Å². The minimum Gasteiger partial charge on any atom is -0.507 e. The van der Waals surface area contributed by atoms with E-state index in [-0.39, 0.29) is 43.1 Å². The SMILES string of the molecule is CC(C)(C)c1ccc(-c2cc(-c3[c-]c(-c4cccc5c(-c6ccccc6)ccnc45)ccc3)c3nc(-c4cc(C(C)(C)C)ccc4O)n(-c4ccc(C(C)(C)C)cc4)c3c2)cc1.[Pt]. The molecule has 9 rings (SSSR count). The number of hydrogen-bond acceptors (Lipinski definition) is 3. The summed E-state index contributed by atoms with van der Waals surface area (Å²) in [6.45, 7) is 20.0. The van der Waals surface area contributed by atoms with Gasteiger partial charge in [0.25, 0.3) is 0 Å². The summed E-state index contributed by atoms with van der Waals surface area (Å²) in [5.74, 6) is 0.865. The molecule has 5 heteroatoms. The Morgan fingerprint density at radius 1 is 0.476 bits per heavy atom. The molecule has 0 unspecified atom stereocenters. The van der Waals surface area contributed by atoms with E-state index < -0.39 is 0 Å². The van der Waals surface area contributed by atoms with Crippen molar-refractivity contribution in [3.05, 3.63) is 181 Å². The van der Waals surface area contributed by atoms with Crippen LogP contribution >= 0.6 is 0 Å². The number of phenolic OH excluding ortho intramolecular Hbond substituents is 1. The summed E-state index contributed by atoms with van der Waals surface area (Å²) in [7, 11) is 0. The molecule has 4 nitrogen and oxygen atoms in total. The summed E-state index contributed by atoms with van der Waals surface area (Å²) in [6, 6.07) is 57.4. The van der Waals surface area contributed by atoms with Crippen LogP contribution in [0.4, 0.5) is 0 Å². The Kier molecular flexibility index (Phi) is 11.4. The van der Waals surface area contributed by atoms with Crippen molar-refractivity contribution in [2.45, 2.75) is 78.6 Å². The minimum atomic E-state index is -0.140. The molecule has 318 valence electrons. The van der Waals surface area contributed by atoms with Crippen LogP contribution in [0.2, 0.25) is 0 Å². The van der Waals surface area contributed by atoms with Crippen molar-refractivity contribution < 1.29 is 26.2 Å². The molecule has 0 amide bonds. The van der Waals surface area contributed by atoms with Gasteiger partial charge in [-0.05, 0) is 91.6 Å². The summed E-state index contributed by atoms with van der Waals surface area (Å²) in [5.41, 5.74) is 16.2. The van der Waals surface area contributed by atoms with E-state index >= 15 is 0 Å². The molecule has 0 aliphatic carbocycles. The Balaban J connectivity index is 0.00000544. The molecule has 0 aliphatic rings. The zero-order chi connectivity index (χ0) is 43.6. The summed E-state index contributed by atoms with van der Waals surface area (Å²) in [4.78, 5) is 10.5. The molecule has 0 radical (unpaired) electrons. The van der Waals surface area contributed by atoms with Crippen LogP contribution in [0, 0.1) is 6.07 Å². The van der Waals surface area contributed by atoms with Crippen molar-refractivity contribution in [3.63, 3.8) is 0 Å². The Labute approximate surface area is 387 Å². The van der Waals surface area contributed by atoms with E-state index in [0.29, 0.717) is 11.4 Å². The maximum atomic E-state index is 11.7. The Morgan fingerprint density at radius 2 is 1.08 bits per heavy atom. The molecular weight excluding hydrogens is 950 g/mol. The van der Waals surface area contributed by atoms with Gasteiger partial charge in [-0.1, -0.05) is 171 Å². The fourth-order valence-electron chi connectivity index (χ4n) is 8.49. The third kappa shape index (κ3) is 8.42. The topological polar surface area (TPSA) is 50.9 Å². The smallest absolute Gasteiger partial charge is 0.148 e. The average molecular weight is 1000 g/mol. The number of rotatable bonds is 6. The number of fused-ring (bicyclic) bond motifs is 2. The number of pyridine rings is 1. The molecule has 0 bridgehead atoms. The van der Waals surface area contributed by atoms with E-state index in [2.05, 4.69) is 206 Å². The molecule has 0 aliphatic heterocycles. The normalized spacial score (nSPS) is 12.1. The Hall–Kier alpha value is -6.09. The van der Waals surface area contributed by atoms with Gasteiger partial charge in [-0.25, -0.2) is 4.98 Å². The summed E-state index contributed by atoms with van der Waals surface area (Å²) in [5, 5.41) is 12.8. The summed E-state index contributed by atoms with van der Waals surface area (Å²) >= 11 is 0. The van der Waals surface area contributed by atoms with Gasteiger partial charge in [0.15, 0.2) is 0 Å². The first-order chi connectivity index (χ1) is 29.5. The van der Waals surface area contributed by atoms with Gasteiger partial charge >= 0.3 is 0 Å². The quantitative estimate of drug-likeness (QED) is 0.169. The van der Waals surface area contributed by atoms with Crippen molar-refractivity contribution in [1.82, 2.24) is 14.5 Å². The van der Waals surface area contributed by atoms with E-state index in [1.165, 1.54) is 11.1 Å². The fraction of sp³-hybridized carbons (Fsp3) is 0.207. The van der Waals surface area contributed by atoms with Crippen LogP contribution in [0.15, 0.2) is 158 Å². The van der Waals surface area contributed by atoms with E-state index in [4.69, 9.17) is 9.97 Å². The van der Waals surface area contributed by atoms with Crippen molar-refractivity contribution in [1.29, 1.82) is 0 Å². The van der Waals surface area contributed by atoms with Gasteiger partial charge in [0, 0.05) is 43.9 Å². The van der Waals surface area contributed by atoms with E-state index in [9.17, 15) is 5.11 Å². The second kappa shape index (κ2) is 16.6. The standard InChI is InChI=1S/C58H54N3O.Pt/c1-56(2,3)42-23-21-37(22-24-42)41-34-49(40-18-13-17-39(33-40)47-19-14-20-48-46(31-32-59-53(47)48)38-15-11-10-12-16-38)54-51(35-41)61(45-28-25-43(26-29-45)57(4,5)6)55(60-54)50-36-44(58(7,8)9)27-30-52(50)62;/h10-32,34-36,62H,1-9H3;/q-1;. The molecule has 2 heterocycles. The van der Waals surface area contributed by atoms with Crippen LogP contribution < -0.4 is 0 Å². The molecule has 63 heavy (non-hydrogen) atoms. The number of aromatic nitrogens is 3. The van der Waals surface area contributed by atoms with Gasteiger partial charge in [-0.15, -0.1) is 35.4 Å². The molecule has 7 aromatic carbocycles. The van der Waals surface area contributed by atoms with Crippen molar-refractivity contribution in [3.8, 4) is 67.3 Å². The summed E-state index contributed by atoms with van der Waals surface area (Å²) in [6.07, 6.45) is 1.90. The minimum absolute atomic E-state index is 0. The van der Waals surface area contributed by atoms with Crippen molar-refractivity contribution in [2.24, 2.45) is 0 Å². The number of nitrogens with zero attached hydrogens (tertiary/aromatic N) is 3. The van der Waals surface area contributed by atoms with Crippen LogP contribution in [0.25, 0.3) is 83.5 Å². The monoisotopic (exact) mass is 1000 g/mol. The van der Waals surface area contributed by atoms with Crippen LogP contribution in [0.3, 0.4) is 0 Å². The Bertz CT molecular complexity index is 3110. The molecular formula is C58H54N3OPt-. The number of hydrogen-bond donors (Lipinski definition) is 1. The number of aromatic hydroxyl groups is 1. The predicted octanol–water partition coefficient (Wildman–Crippen LogP) is 15.3. The second-order valence-electron chi connectivity index (χ2n) is 19.7. The van der Waals surface area contributed by atoms with Crippen LogP contribution in [0.1, 0.15) is 79.0 Å². The van der Waals surface area contributed by atoms with Gasteiger partial charge in [0.05, 0.1) is 16.6 Å². The summed E-state index contributed by atoms with van der Waals surface area (Å²) < 4.78 is 2.23. The molecule has 0 atom stereocenters. The zero-order valence-electron chi connectivity index (χ0n) is 37.6. The first-order valence-electron chi connectivity index (χ1n) is 21.6. The maximum absolute atomic E-state index is 11.7. The molecule has 0 saturated carbocycles. The van der Waals surface area contributed by atoms with Gasteiger partial charge in [-0.2, -0.15) is 0 Å². The van der Waals surface area contributed by atoms with Crippen LogP contribution in [-0.2, 0) is 37.3 Å². The number of benzene rings is 7.